The number of hydrogen-bond donors (Lipinski definition) is 1. The fraction of sp³-hybridized carbons (Fsp3) is 0.474. The molecule has 0 atom stereocenters. The summed E-state index contributed by atoms with van der Waals surface area (Å²) >= 11 is 7.29. The number of aromatic nitrogens is 1. The number of hydrogen-bond acceptors (Lipinski definition) is 3. The van der Waals surface area contributed by atoms with Crippen LogP contribution in [-0.4, -0.2) is 16.5 Å². The largest absolute Gasteiger partial charge is 0.324 e. The molecule has 0 aliphatic heterocycles. The summed E-state index contributed by atoms with van der Waals surface area (Å²) in [5, 5.41) is 4.85. The van der Waals surface area contributed by atoms with Gasteiger partial charge in [-0.2, -0.15) is 0 Å². The van der Waals surface area contributed by atoms with Crippen LogP contribution in [0.3, 0.4) is 0 Å². The van der Waals surface area contributed by atoms with Crippen LogP contribution in [0.4, 0.5) is 10.1 Å². The van der Waals surface area contributed by atoms with Gasteiger partial charge in [0, 0.05) is 23.1 Å². The SMILES string of the molecule is Cn1c(CC(=O)Nc2ccc(Cl)cc2F)csc1=NC1CCCCCC1. The summed E-state index contributed by atoms with van der Waals surface area (Å²) in [5.74, 6) is -0.801. The number of anilines is 1. The summed E-state index contributed by atoms with van der Waals surface area (Å²) in [4.78, 5) is 18.1. The normalized spacial score (nSPS) is 16.5. The first-order valence-corrected chi connectivity index (χ1v) is 10.2. The molecule has 3 rings (SSSR count). The van der Waals surface area contributed by atoms with Crippen molar-refractivity contribution in [2.45, 2.75) is 51.0 Å². The zero-order valence-electron chi connectivity index (χ0n) is 14.8. The number of halogens is 2. The molecule has 0 radical (unpaired) electrons. The van der Waals surface area contributed by atoms with Crippen LogP contribution in [0.5, 0.6) is 0 Å². The third kappa shape index (κ3) is 4.95. The predicted molar refractivity (Wildman–Crippen MR) is 104 cm³/mol. The molecule has 1 saturated carbocycles. The number of benzene rings is 1. The monoisotopic (exact) mass is 395 g/mol. The second-order valence-electron chi connectivity index (χ2n) is 6.69. The van der Waals surface area contributed by atoms with E-state index >= 15 is 0 Å². The van der Waals surface area contributed by atoms with Gasteiger partial charge in [0.15, 0.2) is 4.80 Å². The number of carbonyl (C=O) groups is 1. The Labute approximate surface area is 161 Å². The molecule has 7 heteroatoms. The van der Waals surface area contributed by atoms with E-state index in [2.05, 4.69) is 5.32 Å². The molecule has 26 heavy (non-hydrogen) atoms. The van der Waals surface area contributed by atoms with Crippen LogP contribution in [0.25, 0.3) is 0 Å². The van der Waals surface area contributed by atoms with Gasteiger partial charge >= 0.3 is 0 Å². The zero-order chi connectivity index (χ0) is 18.5. The van der Waals surface area contributed by atoms with Gasteiger partial charge in [0.1, 0.15) is 5.82 Å². The molecule has 1 aromatic heterocycles. The van der Waals surface area contributed by atoms with Gasteiger partial charge in [-0.25, -0.2) is 4.39 Å². The van der Waals surface area contributed by atoms with E-state index in [0.717, 1.165) is 23.3 Å². The molecule has 1 aliphatic carbocycles. The highest BCUT2D eigenvalue weighted by Crippen LogP contribution is 2.20. The van der Waals surface area contributed by atoms with Crippen LogP contribution in [0, 0.1) is 5.82 Å². The molecule has 0 spiro atoms. The fourth-order valence-corrected chi connectivity index (χ4v) is 4.30. The number of amides is 1. The molecular formula is C19H23ClFN3OS. The highest BCUT2D eigenvalue weighted by Gasteiger charge is 2.13. The Morgan fingerprint density at radius 3 is 2.77 bits per heavy atom. The number of nitrogens with one attached hydrogen (secondary N) is 1. The van der Waals surface area contributed by atoms with E-state index in [4.69, 9.17) is 16.6 Å². The maximum Gasteiger partial charge on any atom is 0.230 e. The summed E-state index contributed by atoms with van der Waals surface area (Å²) in [7, 11) is 1.93. The van der Waals surface area contributed by atoms with Crippen molar-refractivity contribution in [3.8, 4) is 0 Å². The Morgan fingerprint density at radius 1 is 1.35 bits per heavy atom. The van der Waals surface area contributed by atoms with E-state index in [9.17, 15) is 9.18 Å². The molecule has 1 heterocycles. The number of carbonyl (C=O) groups excluding carboxylic acids is 1. The average Bonchev–Trinajstić information content (AvgIpc) is 2.80. The minimum absolute atomic E-state index is 0.139. The molecule has 1 fully saturated rings. The third-order valence-corrected chi connectivity index (χ3v) is 5.90. The Kier molecular flexibility index (Phi) is 6.48. The van der Waals surface area contributed by atoms with Crippen molar-refractivity contribution in [2.75, 3.05) is 5.32 Å². The zero-order valence-corrected chi connectivity index (χ0v) is 16.4. The second kappa shape index (κ2) is 8.82. The smallest absolute Gasteiger partial charge is 0.230 e. The minimum Gasteiger partial charge on any atom is -0.324 e. The quantitative estimate of drug-likeness (QED) is 0.750. The van der Waals surface area contributed by atoms with Gasteiger partial charge in [-0.3, -0.25) is 9.79 Å². The molecule has 140 valence electrons. The summed E-state index contributed by atoms with van der Waals surface area (Å²) in [6.07, 6.45) is 7.54. The molecule has 0 unspecified atom stereocenters. The maximum absolute atomic E-state index is 13.8. The van der Waals surface area contributed by atoms with E-state index in [1.54, 1.807) is 17.4 Å². The van der Waals surface area contributed by atoms with Crippen LogP contribution in [-0.2, 0) is 18.3 Å². The van der Waals surface area contributed by atoms with E-state index in [0.29, 0.717) is 11.1 Å². The van der Waals surface area contributed by atoms with Crippen molar-refractivity contribution in [1.29, 1.82) is 0 Å². The van der Waals surface area contributed by atoms with Gasteiger partial charge in [-0.1, -0.05) is 37.3 Å². The molecule has 1 amide bonds. The topological polar surface area (TPSA) is 46.4 Å². The summed E-state index contributed by atoms with van der Waals surface area (Å²) in [6.45, 7) is 0. The van der Waals surface area contributed by atoms with Crippen LogP contribution in [0.2, 0.25) is 5.02 Å². The van der Waals surface area contributed by atoms with Gasteiger partial charge in [-0.05, 0) is 31.0 Å². The molecular weight excluding hydrogens is 373 g/mol. The first-order valence-electron chi connectivity index (χ1n) is 8.95. The summed E-state index contributed by atoms with van der Waals surface area (Å²) < 4.78 is 15.8. The highest BCUT2D eigenvalue weighted by molar-refractivity contribution is 7.07. The van der Waals surface area contributed by atoms with Gasteiger partial charge < -0.3 is 9.88 Å². The van der Waals surface area contributed by atoms with Gasteiger partial charge in [-0.15, -0.1) is 11.3 Å². The highest BCUT2D eigenvalue weighted by atomic mass is 35.5. The number of thiazole rings is 1. The van der Waals surface area contributed by atoms with Crippen LogP contribution < -0.4 is 10.1 Å². The molecule has 1 aromatic carbocycles. The molecule has 1 N–H and O–H groups in total. The molecule has 4 nitrogen and oxygen atoms in total. The molecule has 1 aliphatic rings. The summed E-state index contributed by atoms with van der Waals surface area (Å²) in [6, 6.07) is 4.59. The van der Waals surface area contributed by atoms with Crippen molar-refractivity contribution in [1.82, 2.24) is 4.57 Å². The first kappa shape index (κ1) is 19.1. The van der Waals surface area contributed by atoms with Crippen molar-refractivity contribution in [3.05, 3.63) is 44.9 Å². The van der Waals surface area contributed by atoms with Crippen LogP contribution in [0.1, 0.15) is 44.2 Å². The van der Waals surface area contributed by atoms with E-state index in [1.165, 1.54) is 37.8 Å². The molecule has 2 aromatic rings. The predicted octanol–water partition coefficient (Wildman–Crippen LogP) is 4.68. The second-order valence-corrected chi connectivity index (χ2v) is 7.97. The summed E-state index contributed by atoms with van der Waals surface area (Å²) in [5.41, 5.74) is 1.01. The van der Waals surface area contributed by atoms with E-state index in [-0.39, 0.29) is 18.0 Å². The Hall–Kier alpha value is -1.66. The van der Waals surface area contributed by atoms with E-state index in [1.807, 2.05) is 17.0 Å². The van der Waals surface area contributed by atoms with Gasteiger partial charge in [0.25, 0.3) is 0 Å². The Balaban J connectivity index is 1.68. The van der Waals surface area contributed by atoms with Gasteiger partial charge in [0.05, 0.1) is 18.2 Å². The van der Waals surface area contributed by atoms with Crippen molar-refractivity contribution in [3.63, 3.8) is 0 Å². The van der Waals surface area contributed by atoms with Crippen LogP contribution in [0.15, 0.2) is 28.6 Å². The lowest BCUT2D eigenvalue weighted by Crippen LogP contribution is -2.21. The number of nitrogens with zero attached hydrogens (tertiary/aromatic N) is 2. The maximum atomic E-state index is 13.8. The number of rotatable bonds is 4. The minimum atomic E-state index is -0.537. The average molecular weight is 396 g/mol. The van der Waals surface area contributed by atoms with Gasteiger partial charge in [0.2, 0.25) is 5.91 Å². The molecule has 0 saturated heterocycles. The van der Waals surface area contributed by atoms with Crippen LogP contribution >= 0.6 is 22.9 Å². The lowest BCUT2D eigenvalue weighted by molar-refractivity contribution is -0.115. The standard InChI is InChI=1S/C19H23ClFN3OS/c1-24-15(11-18(25)23-17-9-8-13(20)10-16(17)21)12-26-19(24)22-14-6-4-2-3-5-7-14/h8-10,12,14H,2-7,11H2,1H3,(H,23,25). The Bertz CT molecular complexity index is 838. The third-order valence-electron chi connectivity index (χ3n) is 4.68. The van der Waals surface area contributed by atoms with Crippen molar-refractivity contribution < 1.29 is 9.18 Å². The molecule has 0 bridgehead atoms. The fourth-order valence-electron chi connectivity index (χ4n) is 3.17. The van der Waals surface area contributed by atoms with E-state index < -0.39 is 5.82 Å². The lowest BCUT2D eigenvalue weighted by Gasteiger charge is -2.09. The van der Waals surface area contributed by atoms with Crippen molar-refractivity contribution >= 4 is 34.5 Å². The lowest BCUT2D eigenvalue weighted by atomic mass is 10.1. The first-order chi connectivity index (χ1) is 12.5. The van der Waals surface area contributed by atoms with Crippen molar-refractivity contribution in [2.24, 2.45) is 12.0 Å². The Morgan fingerprint density at radius 2 is 2.08 bits per heavy atom.